The van der Waals surface area contributed by atoms with Gasteiger partial charge in [-0.2, -0.15) is 0 Å². The van der Waals surface area contributed by atoms with Gasteiger partial charge in [0.05, 0.1) is 19.0 Å². The number of para-hydroxylation sites is 1. The average Bonchev–Trinajstić information content (AvgIpc) is 3.23. The van der Waals surface area contributed by atoms with Crippen molar-refractivity contribution in [2.45, 2.75) is 39.8 Å². The maximum atomic E-state index is 5.99. The number of ether oxygens (including phenoxy) is 1. The number of piperidine rings is 1. The van der Waals surface area contributed by atoms with Crippen LogP contribution in [0.2, 0.25) is 0 Å². The van der Waals surface area contributed by atoms with Crippen molar-refractivity contribution >= 4 is 5.96 Å². The minimum absolute atomic E-state index is 0.413. The Labute approximate surface area is 168 Å². The number of rotatable bonds is 6. The first-order chi connectivity index (χ1) is 13.6. The minimum atomic E-state index is 0.413. The van der Waals surface area contributed by atoms with E-state index in [1.54, 1.807) is 0 Å². The van der Waals surface area contributed by atoms with Gasteiger partial charge in [0.15, 0.2) is 5.96 Å². The van der Waals surface area contributed by atoms with Crippen LogP contribution in [0.15, 0.2) is 48.0 Å². The quantitative estimate of drug-likeness (QED) is 0.612. The lowest BCUT2D eigenvalue weighted by atomic mass is 9.93. The lowest BCUT2D eigenvalue weighted by Gasteiger charge is -2.39. The zero-order chi connectivity index (χ0) is 19.9. The van der Waals surface area contributed by atoms with Gasteiger partial charge in [0.2, 0.25) is 0 Å². The lowest BCUT2D eigenvalue weighted by molar-refractivity contribution is 0.189. The lowest BCUT2D eigenvalue weighted by Crippen LogP contribution is -2.48. The molecule has 2 atom stereocenters. The number of aromatic nitrogens is 2. The molecule has 2 heterocycles. The first kappa shape index (κ1) is 20.2. The van der Waals surface area contributed by atoms with Crippen molar-refractivity contribution in [3.05, 3.63) is 48.5 Å². The summed E-state index contributed by atoms with van der Waals surface area (Å²) in [5.41, 5.74) is 1.15. The Kier molecular flexibility index (Phi) is 6.95. The van der Waals surface area contributed by atoms with Gasteiger partial charge in [-0.25, -0.2) is 4.98 Å². The Bertz CT molecular complexity index is 756. The molecule has 2 aromatic rings. The van der Waals surface area contributed by atoms with Crippen LogP contribution >= 0.6 is 0 Å². The Morgan fingerprint density at radius 2 is 2.18 bits per heavy atom. The summed E-state index contributed by atoms with van der Waals surface area (Å²) in [6.45, 7) is 10.0. The fraction of sp³-hybridized carbons (Fsp3) is 0.545. The monoisotopic (exact) mass is 383 g/mol. The molecular formula is C22H33N5O. The molecular weight excluding hydrogens is 350 g/mol. The largest absolute Gasteiger partial charge is 0.493 e. The average molecular weight is 384 g/mol. The van der Waals surface area contributed by atoms with Crippen molar-refractivity contribution in [1.82, 2.24) is 19.8 Å². The highest BCUT2D eigenvalue weighted by Gasteiger charge is 2.28. The molecule has 28 heavy (non-hydrogen) atoms. The van der Waals surface area contributed by atoms with E-state index >= 15 is 0 Å². The van der Waals surface area contributed by atoms with Gasteiger partial charge in [0, 0.05) is 44.6 Å². The number of hydrogen-bond acceptors (Lipinski definition) is 3. The van der Waals surface area contributed by atoms with Gasteiger partial charge in [-0.05, 0) is 24.3 Å². The van der Waals surface area contributed by atoms with Crippen LogP contribution < -0.4 is 10.1 Å². The first-order valence-electron chi connectivity index (χ1n) is 10.2. The zero-order valence-electron chi connectivity index (χ0n) is 17.5. The molecule has 0 spiro atoms. The molecule has 152 valence electrons. The second-order valence-electron chi connectivity index (χ2n) is 8.00. The van der Waals surface area contributed by atoms with Crippen LogP contribution in [0.3, 0.4) is 0 Å². The molecule has 0 amide bonds. The number of nitrogens with zero attached hydrogens (tertiary/aromatic N) is 4. The van der Waals surface area contributed by atoms with Gasteiger partial charge in [-0.15, -0.1) is 0 Å². The second-order valence-corrected chi connectivity index (χ2v) is 8.00. The molecule has 1 aliphatic rings. The van der Waals surface area contributed by atoms with Gasteiger partial charge in [0.25, 0.3) is 0 Å². The zero-order valence-corrected chi connectivity index (χ0v) is 17.5. The summed E-state index contributed by atoms with van der Waals surface area (Å²) in [6, 6.07) is 8.65. The Balaban J connectivity index is 1.64. The number of likely N-dealkylation sites (tertiary alicyclic amines) is 1. The topological polar surface area (TPSA) is 54.7 Å². The predicted octanol–water partition coefficient (Wildman–Crippen LogP) is 3.58. The van der Waals surface area contributed by atoms with Crippen LogP contribution in [0, 0.1) is 11.8 Å². The molecule has 1 aromatic carbocycles. The van der Waals surface area contributed by atoms with Gasteiger partial charge >= 0.3 is 0 Å². The number of imidazole rings is 1. The fourth-order valence-electron chi connectivity index (χ4n) is 3.65. The minimum Gasteiger partial charge on any atom is -0.493 e. The molecule has 1 N–H and O–H groups in total. The van der Waals surface area contributed by atoms with E-state index < -0.39 is 0 Å². The molecule has 1 saturated heterocycles. The normalized spacial score (nSPS) is 20.5. The van der Waals surface area contributed by atoms with Crippen LogP contribution in [0.5, 0.6) is 5.75 Å². The summed E-state index contributed by atoms with van der Waals surface area (Å²) in [7, 11) is 1.85. The van der Waals surface area contributed by atoms with E-state index in [0.717, 1.165) is 43.4 Å². The summed E-state index contributed by atoms with van der Waals surface area (Å²) in [6.07, 6.45) is 6.97. The summed E-state index contributed by atoms with van der Waals surface area (Å²) >= 11 is 0. The summed E-state index contributed by atoms with van der Waals surface area (Å²) in [5, 5.41) is 3.54. The van der Waals surface area contributed by atoms with Gasteiger partial charge in [-0.3, -0.25) is 4.99 Å². The van der Waals surface area contributed by atoms with Crippen molar-refractivity contribution in [3.63, 3.8) is 0 Å². The first-order valence-corrected chi connectivity index (χ1v) is 10.2. The third-order valence-electron chi connectivity index (χ3n) is 5.32. The number of aliphatic imine (C=N–C) groups is 1. The molecule has 6 nitrogen and oxygen atoms in total. The smallest absolute Gasteiger partial charge is 0.193 e. The van der Waals surface area contributed by atoms with Crippen molar-refractivity contribution < 1.29 is 4.74 Å². The SMILES string of the molecule is CN=C(NCc1ccccc1OCC(C)C)N1CCC(C)C(n2ccnc2)C1. The number of nitrogens with one attached hydrogen (secondary N) is 1. The van der Waals surface area contributed by atoms with Gasteiger partial charge in [-0.1, -0.05) is 39.0 Å². The molecule has 0 saturated carbocycles. The molecule has 1 fully saturated rings. The molecule has 2 unspecified atom stereocenters. The standard InChI is InChI=1S/C22H33N5O/c1-17(2)15-28-21-8-6-5-7-19(21)13-25-22(23-4)26-11-9-18(3)20(14-26)27-12-10-24-16-27/h5-8,10,12,16-18,20H,9,11,13-15H2,1-4H3,(H,23,25). The van der Waals surface area contributed by atoms with Gasteiger partial charge < -0.3 is 19.5 Å². The van der Waals surface area contributed by atoms with Gasteiger partial charge in [0.1, 0.15) is 5.75 Å². The summed E-state index contributed by atoms with van der Waals surface area (Å²) in [4.78, 5) is 11.1. The Morgan fingerprint density at radius 1 is 1.36 bits per heavy atom. The number of guanidine groups is 1. The van der Waals surface area contributed by atoms with Crippen LogP contribution in [0.4, 0.5) is 0 Å². The van der Waals surface area contributed by atoms with Crippen molar-refractivity contribution in [3.8, 4) is 5.75 Å². The molecule has 0 bridgehead atoms. The van der Waals surface area contributed by atoms with Crippen LogP contribution in [-0.4, -0.2) is 47.2 Å². The van der Waals surface area contributed by atoms with E-state index in [9.17, 15) is 0 Å². The van der Waals surface area contributed by atoms with E-state index in [0.29, 0.717) is 24.4 Å². The Morgan fingerprint density at radius 3 is 2.89 bits per heavy atom. The highest BCUT2D eigenvalue weighted by atomic mass is 16.5. The highest BCUT2D eigenvalue weighted by molar-refractivity contribution is 5.80. The maximum absolute atomic E-state index is 5.99. The number of benzene rings is 1. The predicted molar refractivity (Wildman–Crippen MR) is 114 cm³/mol. The van der Waals surface area contributed by atoms with Crippen LogP contribution in [0.1, 0.15) is 38.8 Å². The maximum Gasteiger partial charge on any atom is 0.193 e. The molecule has 0 aliphatic carbocycles. The second kappa shape index (κ2) is 9.62. The van der Waals surface area contributed by atoms with E-state index in [1.165, 1.54) is 0 Å². The third kappa shape index (κ3) is 5.06. The Hall–Kier alpha value is -2.50. The van der Waals surface area contributed by atoms with Crippen LogP contribution in [-0.2, 0) is 6.54 Å². The fourth-order valence-corrected chi connectivity index (χ4v) is 3.65. The highest BCUT2D eigenvalue weighted by Crippen LogP contribution is 2.27. The van der Waals surface area contributed by atoms with E-state index in [-0.39, 0.29) is 0 Å². The van der Waals surface area contributed by atoms with E-state index in [2.05, 4.69) is 63.9 Å². The van der Waals surface area contributed by atoms with E-state index in [1.807, 2.05) is 31.7 Å². The molecule has 0 radical (unpaired) electrons. The molecule has 1 aromatic heterocycles. The summed E-state index contributed by atoms with van der Waals surface area (Å²) in [5.74, 6) is 3.01. The molecule has 6 heteroatoms. The molecule has 1 aliphatic heterocycles. The molecule has 3 rings (SSSR count). The number of hydrogen-bond donors (Lipinski definition) is 1. The summed E-state index contributed by atoms with van der Waals surface area (Å²) < 4.78 is 8.21. The van der Waals surface area contributed by atoms with Crippen LogP contribution in [0.25, 0.3) is 0 Å². The van der Waals surface area contributed by atoms with Crippen molar-refractivity contribution in [1.29, 1.82) is 0 Å². The van der Waals surface area contributed by atoms with E-state index in [4.69, 9.17) is 4.74 Å². The van der Waals surface area contributed by atoms with Crippen molar-refractivity contribution in [2.75, 3.05) is 26.7 Å². The third-order valence-corrected chi connectivity index (χ3v) is 5.32. The van der Waals surface area contributed by atoms with Crippen molar-refractivity contribution in [2.24, 2.45) is 16.8 Å².